The van der Waals surface area contributed by atoms with Crippen LogP contribution in [-0.2, 0) is 11.3 Å². The second kappa shape index (κ2) is 6.00. The Kier molecular flexibility index (Phi) is 4.04. The number of nitrogens with zero attached hydrogens (tertiary/aromatic N) is 1. The van der Waals surface area contributed by atoms with Gasteiger partial charge in [0, 0.05) is 10.9 Å². The lowest BCUT2D eigenvalue weighted by molar-refractivity contribution is -0.122. The van der Waals surface area contributed by atoms with Crippen molar-refractivity contribution < 1.29 is 19.4 Å². The van der Waals surface area contributed by atoms with Crippen molar-refractivity contribution in [3.05, 3.63) is 44.9 Å². The predicted molar refractivity (Wildman–Crippen MR) is 85.1 cm³/mol. The molecule has 0 aliphatic carbocycles. The SMILES string of the molecule is Cc1cc2c(cc1C)[C@@H](C(=O)NCc1nc(C(=O)O)cs1)CO2. The first-order valence-electron chi connectivity index (χ1n) is 7.15. The number of carbonyl (C=O) groups excluding carboxylic acids is 1. The van der Waals surface area contributed by atoms with Crippen molar-refractivity contribution in [2.24, 2.45) is 0 Å². The normalized spacial score (nSPS) is 15.8. The number of hydrogen-bond acceptors (Lipinski definition) is 5. The van der Waals surface area contributed by atoms with Crippen molar-refractivity contribution in [3.63, 3.8) is 0 Å². The number of carboxylic acids is 1. The van der Waals surface area contributed by atoms with Gasteiger partial charge in [-0.3, -0.25) is 4.79 Å². The average Bonchev–Trinajstić information content (AvgIpc) is 3.12. The molecule has 2 aromatic rings. The van der Waals surface area contributed by atoms with Gasteiger partial charge in [-0.25, -0.2) is 9.78 Å². The minimum Gasteiger partial charge on any atom is -0.492 e. The highest BCUT2D eigenvalue weighted by Crippen LogP contribution is 2.36. The zero-order valence-electron chi connectivity index (χ0n) is 12.8. The molecule has 120 valence electrons. The highest BCUT2D eigenvalue weighted by atomic mass is 32.1. The van der Waals surface area contributed by atoms with Gasteiger partial charge in [0.25, 0.3) is 0 Å². The first kappa shape index (κ1) is 15.5. The molecule has 0 saturated carbocycles. The van der Waals surface area contributed by atoms with Crippen LogP contribution in [0.15, 0.2) is 17.5 Å². The van der Waals surface area contributed by atoms with E-state index < -0.39 is 5.97 Å². The van der Waals surface area contributed by atoms with E-state index in [9.17, 15) is 9.59 Å². The number of fused-ring (bicyclic) bond motifs is 1. The van der Waals surface area contributed by atoms with Crippen molar-refractivity contribution in [1.29, 1.82) is 0 Å². The number of benzene rings is 1. The molecule has 6 nitrogen and oxygen atoms in total. The molecule has 1 aliphatic heterocycles. The number of carboxylic acid groups (broad SMARTS) is 1. The van der Waals surface area contributed by atoms with E-state index in [2.05, 4.69) is 10.3 Å². The quantitative estimate of drug-likeness (QED) is 0.896. The van der Waals surface area contributed by atoms with Crippen LogP contribution in [0.25, 0.3) is 0 Å². The summed E-state index contributed by atoms with van der Waals surface area (Å²) in [6, 6.07) is 3.95. The van der Waals surface area contributed by atoms with Crippen molar-refractivity contribution in [2.75, 3.05) is 6.61 Å². The van der Waals surface area contributed by atoms with Crippen LogP contribution >= 0.6 is 11.3 Å². The highest BCUT2D eigenvalue weighted by Gasteiger charge is 2.30. The van der Waals surface area contributed by atoms with Crippen LogP contribution in [0.3, 0.4) is 0 Å². The summed E-state index contributed by atoms with van der Waals surface area (Å²) >= 11 is 1.21. The third-order valence-corrected chi connectivity index (χ3v) is 4.76. The second-order valence-corrected chi connectivity index (χ2v) is 6.43. The van der Waals surface area contributed by atoms with Gasteiger partial charge in [-0.05, 0) is 31.0 Å². The lowest BCUT2D eigenvalue weighted by Gasteiger charge is -2.10. The topological polar surface area (TPSA) is 88.5 Å². The van der Waals surface area contributed by atoms with Crippen LogP contribution in [0.1, 0.15) is 38.1 Å². The largest absolute Gasteiger partial charge is 0.492 e. The van der Waals surface area contributed by atoms with Crippen LogP contribution in [-0.4, -0.2) is 28.6 Å². The van der Waals surface area contributed by atoms with Crippen molar-refractivity contribution in [2.45, 2.75) is 26.3 Å². The zero-order valence-corrected chi connectivity index (χ0v) is 13.6. The number of aromatic carboxylic acids is 1. The maximum atomic E-state index is 12.4. The van der Waals surface area contributed by atoms with E-state index >= 15 is 0 Å². The van der Waals surface area contributed by atoms with Crippen LogP contribution in [0.2, 0.25) is 0 Å². The smallest absolute Gasteiger partial charge is 0.355 e. The molecule has 0 radical (unpaired) electrons. The van der Waals surface area contributed by atoms with E-state index in [1.165, 1.54) is 16.7 Å². The van der Waals surface area contributed by atoms with Gasteiger partial charge in [0.05, 0.1) is 6.54 Å². The highest BCUT2D eigenvalue weighted by molar-refractivity contribution is 7.09. The maximum Gasteiger partial charge on any atom is 0.355 e. The lowest BCUT2D eigenvalue weighted by Crippen LogP contribution is -2.29. The number of ether oxygens (including phenoxy) is 1. The second-order valence-electron chi connectivity index (χ2n) is 5.49. The molecule has 23 heavy (non-hydrogen) atoms. The van der Waals surface area contributed by atoms with E-state index in [-0.39, 0.29) is 24.1 Å². The lowest BCUT2D eigenvalue weighted by atomic mass is 9.96. The Labute approximate surface area is 137 Å². The van der Waals surface area contributed by atoms with Gasteiger partial charge < -0.3 is 15.2 Å². The minimum absolute atomic E-state index is 0.0000978. The Morgan fingerprint density at radius 2 is 2.13 bits per heavy atom. The van der Waals surface area contributed by atoms with Crippen LogP contribution in [0, 0.1) is 13.8 Å². The van der Waals surface area contributed by atoms with Gasteiger partial charge in [0.2, 0.25) is 5.91 Å². The third-order valence-electron chi connectivity index (χ3n) is 3.91. The predicted octanol–water partition coefficient (Wildman–Crippen LogP) is 2.25. The van der Waals surface area contributed by atoms with E-state index in [1.807, 2.05) is 26.0 Å². The van der Waals surface area contributed by atoms with E-state index in [1.54, 1.807) is 0 Å². The van der Waals surface area contributed by atoms with Crippen LogP contribution in [0.4, 0.5) is 0 Å². The summed E-state index contributed by atoms with van der Waals surface area (Å²) in [5, 5.41) is 13.7. The fraction of sp³-hybridized carbons (Fsp3) is 0.312. The molecule has 1 aliphatic rings. The Balaban J connectivity index is 1.68. The fourth-order valence-corrected chi connectivity index (χ4v) is 3.17. The number of nitrogens with one attached hydrogen (secondary N) is 1. The number of carbonyl (C=O) groups is 2. The molecule has 0 spiro atoms. The minimum atomic E-state index is -1.07. The molecule has 0 bridgehead atoms. The summed E-state index contributed by atoms with van der Waals surface area (Å²) in [5.74, 6) is -0.791. The molecule has 1 amide bonds. The monoisotopic (exact) mass is 332 g/mol. The first-order chi connectivity index (χ1) is 11.0. The summed E-state index contributed by atoms with van der Waals surface area (Å²) in [5.41, 5.74) is 3.16. The molecular formula is C16H16N2O4S. The zero-order chi connectivity index (χ0) is 16.6. The van der Waals surface area contributed by atoms with Crippen LogP contribution in [0.5, 0.6) is 5.75 Å². The number of rotatable bonds is 4. The van der Waals surface area contributed by atoms with Gasteiger partial charge in [-0.2, -0.15) is 0 Å². The molecule has 3 rings (SSSR count). The number of aromatic nitrogens is 1. The fourth-order valence-electron chi connectivity index (χ4n) is 2.47. The van der Waals surface area contributed by atoms with Crippen molar-refractivity contribution in [1.82, 2.24) is 10.3 Å². The molecule has 0 unspecified atom stereocenters. The van der Waals surface area contributed by atoms with Gasteiger partial charge in [-0.1, -0.05) is 6.07 Å². The van der Waals surface area contributed by atoms with Gasteiger partial charge >= 0.3 is 5.97 Å². The van der Waals surface area contributed by atoms with E-state index in [4.69, 9.17) is 9.84 Å². The summed E-state index contributed by atoms with van der Waals surface area (Å²) < 4.78 is 5.60. The van der Waals surface area contributed by atoms with Crippen molar-refractivity contribution >= 4 is 23.2 Å². The molecule has 1 aromatic carbocycles. The number of amides is 1. The molecular weight excluding hydrogens is 316 g/mol. The third kappa shape index (κ3) is 3.05. The summed E-state index contributed by atoms with van der Waals surface area (Å²) in [6.07, 6.45) is 0. The molecule has 2 N–H and O–H groups in total. The first-order valence-corrected chi connectivity index (χ1v) is 8.03. The Morgan fingerprint density at radius 1 is 1.39 bits per heavy atom. The number of hydrogen-bond donors (Lipinski definition) is 2. The molecule has 0 fully saturated rings. The van der Waals surface area contributed by atoms with Crippen molar-refractivity contribution in [3.8, 4) is 5.75 Å². The van der Waals surface area contributed by atoms with E-state index in [0.29, 0.717) is 11.6 Å². The molecule has 1 atom stereocenters. The Bertz CT molecular complexity index is 784. The molecule has 2 heterocycles. The van der Waals surface area contributed by atoms with Gasteiger partial charge in [-0.15, -0.1) is 11.3 Å². The van der Waals surface area contributed by atoms with Gasteiger partial charge in [0.15, 0.2) is 5.69 Å². The van der Waals surface area contributed by atoms with E-state index in [0.717, 1.165) is 22.4 Å². The molecule has 1 aromatic heterocycles. The molecule has 7 heteroatoms. The number of aryl methyl sites for hydroxylation is 2. The Hall–Kier alpha value is -2.41. The van der Waals surface area contributed by atoms with Crippen LogP contribution < -0.4 is 10.1 Å². The summed E-state index contributed by atoms with van der Waals surface area (Å²) in [4.78, 5) is 27.1. The van der Waals surface area contributed by atoms with Gasteiger partial charge in [0.1, 0.15) is 23.3 Å². The average molecular weight is 332 g/mol. The summed E-state index contributed by atoms with van der Waals surface area (Å²) in [6.45, 7) is 4.55. The Morgan fingerprint density at radius 3 is 2.83 bits per heavy atom. The standard InChI is InChI=1S/C16H16N2O4S/c1-8-3-10-11(6-22-13(10)4-9(8)2)15(19)17-5-14-18-12(7-23-14)16(20)21/h3-4,7,11H,5-6H2,1-2H3,(H,17,19)(H,20,21)/t11-/m0/s1. The number of thiazole rings is 1. The maximum absolute atomic E-state index is 12.4. The molecule has 0 saturated heterocycles. The summed E-state index contributed by atoms with van der Waals surface area (Å²) in [7, 11) is 0.